The van der Waals surface area contributed by atoms with Crippen LogP contribution in [0, 0.1) is 6.92 Å². The average molecular weight is 268 g/mol. The molecule has 0 atom stereocenters. The van der Waals surface area contributed by atoms with Gasteiger partial charge < -0.3 is 10.5 Å². The number of fused-ring (bicyclic) bond motifs is 1. The van der Waals surface area contributed by atoms with E-state index in [-0.39, 0.29) is 0 Å². The van der Waals surface area contributed by atoms with Crippen molar-refractivity contribution in [3.05, 3.63) is 42.1 Å². The number of imidazole rings is 1. The second kappa shape index (κ2) is 4.85. The lowest BCUT2D eigenvalue weighted by Gasteiger charge is -2.08. The molecule has 2 aromatic heterocycles. The molecule has 2 heterocycles. The van der Waals surface area contributed by atoms with E-state index < -0.39 is 0 Å². The molecule has 0 unspecified atom stereocenters. The van der Waals surface area contributed by atoms with Crippen molar-refractivity contribution >= 4 is 17.1 Å². The predicted octanol–water partition coefficient (Wildman–Crippen LogP) is 2.71. The van der Waals surface area contributed by atoms with Crippen LogP contribution in [0.3, 0.4) is 0 Å². The van der Waals surface area contributed by atoms with Crippen LogP contribution in [0.1, 0.15) is 12.6 Å². The summed E-state index contributed by atoms with van der Waals surface area (Å²) in [7, 11) is 0. The van der Waals surface area contributed by atoms with Crippen molar-refractivity contribution in [2.45, 2.75) is 13.8 Å². The van der Waals surface area contributed by atoms with Crippen LogP contribution in [0.15, 0.2) is 36.4 Å². The Morgan fingerprint density at radius 2 is 1.85 bits per heavy atom. The maximum Gasteiger partial charge on any atom is 0.207 e. The summed E-state index contributed by atoms with van der Waals surface area (Å²) in [6.07, 6.45) is 0. The number of pyridine rings is 1. The number of rotatable bonds is 3. The minimum Gasteiger partial charge on any atom is -0.494 e. The van der Waals surface area contributed by atoms with Crippen LogP contribution in [0.2, 0.25) is 0 Å². The highest BCUT2D eigenvalue weighted by atomic mass is 16.5. The van der Waals surface area contributed by atoms with Crippen LogP contribution in [-0.2, 0) is 0 Å². The van der Waals surface area contributed by atoms with Crippen LogP contribution in [0.4, 0.5) is 5.95 Å². The van der Waals surface area contributed by atoms with E-state index in [9.17, 15) is 0 Å². The molecule has 0 bridgehead atoms. The van der Waals surface area contributed by atoms with E-state index in [1.54, 1.807) is 0 Å². The number of hydrogen-bond acceptors (Lipinski definition) is 4. The fraction of sp³-hybridized carbons (Fsp3) is 0.200. The lowest BCUT2D eigenvalue weighted by Crippen LogP contribution is -2.02. The van der Waals surface area contributed by atoms with E-state index >= 15 is 0 Å². The van der Waals surface area contributed by atoms with E-state index in [2.05, 4.69) is 9.97 Å². The Bertz CT molecular complexity index is 746. The fourth-order valence-electron chi connectivity index (χ4n) is 2.18. The maximum atomic E-state index is 6.01. The molecule has 0 aliphatic heterocycles. The molecule has 0 saturated carbocycles. The van der Waals surface area contributed by atoms with Gasteiger partial charge in [-0.1, -0.05) is 0 Å². The molecule has 0 aliphatic carbocycles. The summed E-state index contributed by atoms with van der Waals surface area (Å²) in [5.74, 6) is 1.27. The average Bonchev–Trinajstić information content (AvgIpc) is 2.76. The summed E-state index contributed by atoms with van der Waals surface area (Å²) in [5.41, 5.74) is 9.43. The van der Waals surface area contributed by atoms with Crippen LogP contribution >= 0.6 is 0 Å². The van der Waals surface area contributed by atoms with Gasteiger partial charge in [-0.2, -0.15) is 0 Å². The number of hydrogen-bond donors (Lipinski definition) is 1. The first-order valence-electron chi connectivity index (χ1n) is 6.54. The first-order chi connectivity index (χ1) is 9.69. The number of aryl methyl sites for hydroxylation is 1. The molecule has 0 amide bonds. The van der Waals surface area contributed by atoms with E-state index in [1.807, 2.05) is 54.8 Å². The minimum absolute atomic E-state index is 0.433. The third-order valence-corrected chi connectivity index (χ3v) is 3.08. The maximum absolute atomic E-state index is 6.01. The Labute approximate surface area is 117 Å². The Kier molecular flexibility index (Phi) is 3.02. The summed E-state index contributed by atoms with van der Waals surface area (Å²) in [5, 5.41) is 0. The first kappa shape index (κ1) is 12.5. The van der Waals surface area contributed by atoms with Gasteiger partial charge in [0.15, 0.2) is 5.65 Å². The number of nitrogens with two attached hydrogens (primary N) is 1. The van der Waals surface area contributed by atoms with Gasteiger partial charge in [0, 0.05) is 5.69 Å². The van der Waals surface area contributed by atoms with Gasteiger partial charge in [0.25, 0.3) is 0 Å². The molecule has 20 heavy (non-hydrogen) atoms. The summed E-state index contributed by atoms with van der Waals surface area (Å²) in [4.78, 5) is 8.86. The van der Waals surface area contributed by atoms with Gasteiger partial charge in [-0.05, 0) is 50.2 Å². The summed E-state index contributed by atoms with van der Waals surface area (Å²) in [6, 6.07) is 11.6. The second-order valence-electron chi connectivity index (χ2n) is 4.53. The number of aromatic nitrogens is 3. The number of nitrogens with zero attached hydrogens (tertiary/aromatic N) is 3. The summed E-state index contributed by atoms with van der Waals surface area (Å²) >= 11 is 0. The highest BCUT2D eigenvalue weighted by Gasteiger charge is 2.11. The monoisotopic (exact) mass is 268 g/mol. The van der Waals surface area contributed by atoms with E-state index in [1.165, 1.54) is 0 Å². The SMILES string of the molecule is CCOc1ccc(-n2c(N)nc3ccc(C)nc32)cc1. The largest absolute Gasteiger partial charge is 0.494 e. The van der Waals surface area contributed by atoms with Crippen LogP contribution < -0.4 is 10.5 Å². The quantitative estimate of drug-likeness (QED) is 0.793. The Hall–Kier alpha value is -2.56. The van der Waals surface area contributed by atoms with Gasteiger partial charge >= 0.3 is 0 Å². The number of anilines is 1. The molecule has 2 N–H and O–H groups in total. The predicted molar refractivity (Wildman–Crippen MR) is 79.2 cm³/mol. The van der Waals surface area contributed by atoms with Crippen molar-refractivity contribution in [2.24, 2.45) is 0 Å². The molecule has 3 aromatic rings. The zero-order valence-electron chi connectivity index (χ0n) is 11.5. The molecule has 5 heteroatoms. The smallest absolute Gasteiger partial charge is 0.207 e. The van der Waals surface area contributed by atoms with Gasteiger partial charge in [-0.3, -0.25) is 4.57 Å². The second-order valence-corrected chi connectivity index (χ2v) is 4.53. The first-order valence-corrected chi connectivity index (χ1v) is 6.54. The minimum atomic E-state index is 0.433. The van der Waals surface area contributed by atoms with Crippen molar-refractivity contribution in [1.82, 2.24) is 14.5 Å². The zero-order valence-corrected chi connectivity index (χ0v) is 11.5. The zero-order chi connectivity index (χ0) is 14.1. The van der Waals surface area contributed by atoms with Gasteiger partial charge in [-0.25, -0.2) is 9.97 Å². The molecular weight excluding hydrogens is 252 g/mol. The molecular formula is C15H16N4O. The number of benzene rings is 1. The van der Waals surface area contributed by atoms with Crippen molar-refractivity contribution in [2.75, 3.05) is 12.3 Å². The number of ether oxygens (including phenoxy) is 1. The standard InChI is InChI=1S/C15H16N4O/c1-3-20-12-7-5-11(6-8-12)19-14-13(18-15(19)16)9-4-10(2)17-14/h4-9H,3H2,1-2H3,(H2,16,18). The fourth-order valence-corrected chi connectivity index (χ4v) is 2.18. The molecule has 5 nitrogen and oxygen atoms in total. The van der Waals surface area contributed by atoms with Gasteiger partial charge in [0.2, 0.25) is 5.95 Å². The lowest BCUT2D eigenvalue weighted by molar-refractivity contribution is 0.340. The van der Waals surface area contributed by atoms with Gasteiger partial charge in [0.05, 0.1) is 12.3 Å². The molecule has 0 aliphatic rings. The normalized spacial score (nSPS) is 10.9. The molecule has 0 saturated heterocycles. The molecule has 0 fully saturated rings. The summed E-state index contributed by atoms with van der Waals surface area (Å²) in [6.45, 7) is 4.56. The highest BCUT2D eigenvalue weighted by molar-refractivity contribution is 5.77. The number of nitrogen functional groups attached to an aromatic ring is 1. The van der Waals surface area contributed by atoms with Crippen molar-refractivity contribution in [1.29, 1.82) is 0 Å². The molecule has 3 rings (SSSR count). The lowest BCUT2D eigenvalue weighted by atomic mass is 10.3. The van der Waals surface area contributed by atoms with Crippen molar-refractivity contribution in [3.8, 4) is 11.4 Å². The molecule has 102 valence electrons. The van der Waals surface area contributed by atoms with Gasteiger partial charge in [0.1, 0.15) is 11.3 Å². The third kappa shape index (κ3) is 2.07. The van der Waals surface area contributed by atoms with Crippen molar-refractivity contribution in [3.63, 3.8) is 0 Å². The van der Waals surface area contributed by atoms with Crippen LogP contribution in [-0.4, -0.2) is 21.1 Å². The van der Waals surface area contributed by atoms with E-state index in [4.69, 9.17) is 10.5 Å². The molecule has 0 spiro atoms. The molecule has 0 radical (unpaired) electrons. The van der Waals surface area contributed by atoms with Crippen molar-refractivity contribution < 1.29 is 4.74 Å². The summed E-state index contributed by atoms with van der Waals surface area (Å²) < 4.78 is 7.29. The topological polar surface area (TPSA) is 66.0 Å². The van der Waals surface area contributed by atoms with Gasteiger partial charge in [-0.15, -0.1) is 0 Å². The Balaban J connectivity index is 2.13. The van der Waals surface area contributed by atoms with Crippen LogP contribution in [0.25, 0.3) is 16.9 Å². The highest BCUT2D eigenvalue weighted by Crippen LogP contribution is 2.23. The Morgan fingerprint density at radius 1 is 1.10 bits per heavy atom. The molecule has 1 aromatic carbocycles. The van der Waals surface area contributed by atoms with E-state index in [0.717, 1.165) is 28.3 Å². The Morgan fingerprint density at radius 3 is 2.55 bits per heavy atom. The van der Waals surface area contributed by atoms with E-state index in [0.29, 0.717) is 12.6 Å². The van der Waals surface area contributed by atoms with Crippen LogP contribution in [0.5, 0.6) is 5.75 Å². The third-order valence-electron chi connectivity index (χ3n) is 3.08.